The summed E-state index contributed by atoms with van der Waals surface area (Å²) in [6.45, 7) is 7.70. The normalized spacial score (nSPS) is 20.7. The molecule has 2 atom stereocenters. The van der Waals surface area contributed by atoms with Gasteiger partial charge < -0.3 is 20.1 Å². The van der Waals surface area contributed by atoms with Crippen LogP contribution in [-0.2, 0) is 4.74 Å². The molecular weight excluding hydrogens is 304 g/mol. The van der Waals surface area contributed by atoms with E-state index in [2.05, 4.69) is 24.5 Å². The molecule has 2 amide bonds. The minimum absolute atomic E-state index is 0.158. The first-order chi connectivity index (χ1) is 11.7. The van der Waals surface area contributed by atoms with Crippen LogP contribution in [0.2, 0.25) is 0 Å². The molecule has 0 aliphatic carbocycles. The highest BCUT2D eigenvalue weighted by Gasteiger charge is 2.28. The molecule has 0 radical (unpaired) electrons. The Balaban J connectivity index is 1.83. The number of nitrogens with one attached hydrogen (secondary N) is 2. The van der Waals surface area contributed by atoms with Crippen LogP contribution in [0.1, 0.15) is 46.5 Å². The van der Waals surface area contributed by atoms with Gasteiger partial charge in [0.15, 0.2) is 0 Å². The molecule has 0 spiro atoms. The fraction of sp³-hybridized carbons (Fsp3) is 0.632. The first-order valence-corrected chi connectivity index (χ1v) is 9.08. The van der Waals surface area contributed by atoms with Crippen molar-refractivity contribution in [3.8, 4) is 5.75 Å². The fourth-order valence-electron chi connectivity index (χ4n) is 3.26. The van der Waals surface area contributed by atoms with E-state index in [0.29, 0.717) is 12.5 Å². The number of rotatable bonds is 7. The van der Waals surface area contributed by atoms with Gasteiger partial charge in [-0.1, -0.05) is 26.7 Å². The van der Waals surface area contributed by atoms with Gasteiger partial charge >= 0.3 is 6.03 Å². The van der Waals surface area contributed by atoms with E-state index >= 15 is 0 Å². The van der Waals surface area contributed by atoms with Crippen molar-refractivity contribution in [2.75, 3.05) is 18.5 Å². The Morgan fingerprint density at radius 2 is 1.96 bits per heavy atom. The van der Waals surface area contributed by atoms with E-state index in [1.807, 2.05) is 31.2 Å². The van der Waals surface area contributed by atoms with E-state index in [0.717, 1.165) is 43.7 Å². The van der Waals surface area contributed by atoms with Gasteiger partial charge in [0.2, 0.25) is 0 Å². The molecule has 1 fully saturated rings. The van der Waals surface area contributed by atoms with E-state index in [4.69, 9.17) is 9.47 Å². The minimum atomic E-state index is -0.158. The molecular formula is C19H30N2O3. The topological polar surface area (TPSA) is 59.6 Å². The van der Waals surface area contributed by atoms with Crippen molar-refractivity contribution in [2.45, 2.75) is 58.6 Å². The molecule has 2 N–H and O–H groups in total. The van der Waals surface area contributed by atoms with E-state index in [1.54, 1.807) is 0 Å². The number of anilines is 1. The summed E-state index contributed by atoms with van der Waals surface area (Å²) in [5.74, 6) is 1.38. The number of benzene rings is 1. The summed E-state index contributed by atoms with van der Waals surface area (Å²) in [6, 6.07) is 7.43. The zero-order valence-electron chi connectivity index (χ0n) is 15.0. The molecule has 0 aromatic heterocycles. The largest absolute Gasteiger partial charge is 0.494 e. The highest BCUT2D eigenvalue weighted by Crippen LogP contribution is 2.25. The molecule has 2 rings (SSSR count). The molecule has 0 unspecified atom stereocenters. The van der Waals surface area contributed by atoms with Gasteiger partial charge in [0.25, 0.3) is 0 Å². The third kappa shape index (κ3) is 5.41. The second kappa shape index (κ2) is 9.52. The summed E-state index contributed by atoms with van der Waals surface area (Å²) in [7, 11) is 0. The van der Waals surface area contributed by atoms with Crippen molar-refractivity contribution in [3.05, 3.63) is 24.3 Å². The first-order valence-electron chi connectivity index (χ1n) is 9.08. The van der Waals surface area contributed by atoms with Crippen molar-refractivity contribution in [2.24, 2.45) is 5.92 Å². The lowest BCUT2D eigenvalue weighted by Crippen LogP contribution is -2.45. The Hall–Kier alpha value is -1.75. The Kier molecular flexibility index (Phi) is 7.37. The molecule has 0 bridgehead atoms. The predicted octanol–water partition coefficient (Wildman–Crippen LogP) is 4.19. The average Bonchev–Trinajstić information content (AvgIpc) is 2.58. The maximum absolute atomic E-state index is 12.2. The summed E-state index contributed by atoms with van der Waals surface area (Å²) >= 11 is 0. The number of urea groups is 1. The van der Waals surface area contributed by atoms with Gasteiger partial charge in [0.05, 0.1) is 12.7 Å². The number of ether oxygens (including phenoxy) is 2. The summed E-state index contributed by atoms with van der Waals surface area (Å²) in [5, 5.41) is 5.96. The van der Waals surface area contributed by atoms with E-state index < -0.39 is 0 Å². The zero-order valence-corrected chi connectivity index (χ0v) is 15.0. The van der Waals surface area contributed by atoms with Crippen LogP contribution in [0, 0.1) is 5.92 Å². The van der Waals surface area contributed by atoms with Crippen molar-refractivity contribution < 1.29 is 14.3 Å². The van der Waals surface area contributed by atoms with Crippen LogP contribution in [0.3, 0.4) is 0 Å². The Bertz CT molecular complexity index is 500. The quantitative estimate of drug-likeness (QED) is 0.786. The highest BCUT2D eigenvalue weighted by atomic mass is 16.5. The van der Waals surface area contributed by atoms with E-state index in [1.165, 1.54) is 0 Å². The molecule has 5 heteroatoms. The molecule has 1 saturated heterocycles. The maximum Gasteiger partial charge on any atom is 0.319 e. The van der Waals surface area contributed by atoms with Gasteiger partial charge in [-0.05, 0) is 49.9 Å². The van der Waals surface area contributed by atoms with Gasteiger partial charge in [0.1, 0.15) is 5.75 Å². The van der Waals surface area contributed by atoms with E-state index in [9.17, 15) is 4.79 Å². The third-order valence-electron chi connectivity index (χ3n) is 4.65. The lowest BCUT2D eigenvalue weighted by atomic mass is 9.89. The van der Waals surface area contributed by atoms with Crippen molar-refractivity contribution in [3.63, 3.8) is 0 Å². The number of hydrogen-bond donors (Lipinski definition) is 2. The molecule has 0 saturated carbocycles. The zero-order chi connectivity index (χ0) is 17.4. The molecule has 1 aromatic rings. The lowest BCUT2D eigenvalue weighted by molar-refractivity contribution is -0.0329. The van der Waals surface area contributed by atoms with Crippen LogP contribution >= 0.6 is 0 Å². The molecule has 1 aliphatic heterocycles. The smallest absolute Gasteiger partial charge is 0.319 e. The number of amides is 2. The van der Waals surface area contributed by atoms with Gasteiger partial charge in [0, 0.05) is 18.3 Å². The number of carbonyl (C=O) groups excluding carboxylic acids is 1. The Morgan fingerprint density at radius 3 is 2.58 bits per heavy atom. The molecule has 1 aliphatic rings. The van der Waals surface area contributed by atoms with Crippen LogP contribution in [0.5, 0.6) is 5.75 Å². The molecule has 1 aromatic carbocycles. The maximum atomic E-state index is 12.2. The van der Waals surface area contributed by atoms with Crippen LogP contribution < -0.4 is 15.4 Å². The third-order valence-corrected chi connectivity index (χ3v) is 4.65. The first kappa shape index (κ1) is 18.6. The molecule has 134 valence electrons. The van der Waals surface area contributed by atoms with Crippen molar-refractivity contribution in [1.29, 1.82) is 0 Å². The molecule has 5 nitrogen and oxygen atoms in total. The average molecular weight is 334 g/mol. The monoisotopic (exact) mass is 334 g/mol. The van der Waals surface area contributed by atoms with Crippen LogP contribution in [0.25, 0.3) is 0 Å². The van der Waals surface area contributed by atoms with Crippen LogP contribution in [-0.4, -0.2) is 31.4 Å². The fourth-order valence-corrected chi connectivity index (χ4v) is 3.26. The lowest BCUT2D eigenvalue weighted by Gasteiger charge is -2.34. The highest BCUT2D eigenvalue weighted by molar-refractivity contribution is 5.89. The Labute approximate surface area is 145 Å². The standard InChI is InChI=1S/C19H30N2O3/c1-4-14(5-2)18-13-16(11-12-24-18)21-19(22)20-15-7-9-17(10-8-15)23-6-3/h7-10,14,16,18H,4-6,11-13H2,1-3H3,(H2,20,21,22)/t16-,18+/m1/s1. The van der Waals surface area contributed by atoms with Crippen LogP contribution in [0.15, 0.2) is 24.3 Å². The summed E-state index contributed by atoms with van der Waals surface area (Å²) in [6.07, 6.45) is 4.25. The SMILES string of the molecule is CCOc1ccc(NC(=O)N[C@@H]2CCO[C@H](C(CC)CC)C2)cc1. The van der Waals surface area contributed by atoms with Crippen molar-refractivity contribution in [1.82, 2.24) is 5.32 Å². The summed E-state index contributed by atoms with van der Waals surface area (Å²) < 4.78 is 11.3. The van der Waals surface area contributed by atoms with Gasteiger partial charge in [-0.2, -0.15) is 0 Å². The summed E-state index contributed by atoms with van der Waals surface area (Å²) in [5.41, 5.74) is 0.763. The second-order valence-electron chi connectivity index (χ2n) is 6.26. The molecule has 1 heterocycles. The second-order valence-corrected chi connectivity index (χ2v) is 6.26. The predicted molar refractivity (Wildman–Crippen MR) is 96.6 cm³/mol. The number of carbonyl (C=O) groups is 1. The summed E-state index contributed by atoms with van der Waals surface area (Å²) in [4.78, 5) is 12.2. The van der Waals surface area contributed by atoms with Crippen molar-refractivity contribution >= 4 is 11.7 Å². The van der Waals surface area contributed by atoms with Gasteiger partial charge in [-0.25, -0.2) is 4.79 Å². The van der Waals surface area contributed by atoms with Gasteiger partial charge in [-0.15, -0.1) is 0 Å². The number of hydrogen-bond acceptors (Lipinski definition) is 3. The minimum Gasteiger partial charge on any atom is -0.494 e. The van der Waals surface area contributed by atoms with Crippen LogP contribution in [0.4, 0.5) is 10.5 Å². The van der Waals surface area contributed by atoms with Gasteiger partial charge in [-0.3, -0.25) is 0 Å². The molecule has 24 heavy (non-hydrogen) atoms. The van der Waals surface area contributed by atoms with E-state index in [-0.39, 0.29) is 18.2 Å². The Morgan fingerprint density at radius 1 is 1.25 bits per heavy atom.